The Labute approximate surface area is 393 Å². The zero-order valence-electron chi connectivity index (χ0n) is 39.1. The summed E-state index contributed by atoms with van der Waals surface area (Å²) in [5, 5.41) is 2.19. The van der Waals surface area contributed by atoms with E-state index in [0.29, 0.717) is 17.3 Å². The summed E-state index contributed by atoms with van der Waals surface area (Å²) in [7, 11) is 0. The molecule has 0 radical (unpaired) electrons. The minimum atomic E-state index is -0.288. The maximum atomic E-state index is 6.83. The molecule has 0 aliphatic rings. The van der Waals surface area contributed by atoms with Gasteiger partial charge in [-0.15, -0.1) is 23.6 Å². The third-order valence-corrected chi connectivity index (χ3v) is 12.0. The number of aromatic nitrogens is 5. The summed E-state index contributed by atoms with van der Waals surface area (Å²) in [6, 6.07) is 50.2. The van der Waals surface area contributed by atoms with Gasteiger partial charge in [-0.3, -0.25) is 14.1 Å². The van der Waals surface area contributed by atoms with E-state index in [0.717, 1.165) is 55.6 Å². The number of pyridine rings is 2. The fourth-order valence-corrected chi connectivity index (χ4v) is 8.16. The smallest absolute Gasteiger partial charge is 0.269 e. The van der Waals surface area contributed by atoms with Crippen molar-refractivity contribution in [1.29, 1.82) is 0 Å². The molecule has 0 amide bonds. The van der Waals surface area contributed by atoms with Crippen molar-refractivity contribution in [3.05, 3.63) is 168 Å². The number of para-hydroxylation sites is 2. The summed E-state index contributed by atoms with van der Waals surface area (Å²) in [6.45, 7) is 26.8. The summed E-state index contributed by atoms with van der Waals surface area (Å²) in [6.07, 6.45) is 5.62. The Morgan fingerprint density at radius 3 is 1.89 bits per heavy atom. The molecule has 7 heteroatoms. The molecular weight excluding hydrogens is 966 g/mol. The van der Waals surface area contributed by atoms with Crippen molar-refractivity contribution in [3.8, 4) is 39.9 Å². The zero-order valence-corrected chi connectivity index (χ0v) is 41.4. The van der Waals surface area contributed by atoms with E-state index in [2.05, 4.69) is 220 Å². The van der Waals surface area contributed by atoms with Gasteiger partial charge in [0, 0.05) is 38.5 Å². The molecule has 4 heterocycles. The number of fused-ring (bicyclic) bond motifs is 4. The van der Waals surface area contributed by atoms with Gasteiger partial charge in [0.1, 0.15) is 5.82 Å². The predicted molar refractivity (Wildman–Crippen MR) is 258 cm³/mol. The Bertz CT molecular complexity index is 3150. The summed E-state index contributed by atoms with van der Waals surface area (Å²) in [5.41, 5.74) is 11.5. The van der Waals surface area contributed by atoms with Crippen LogP contribution in [0.3, 0.4) is 0 Å². The molecular formula is C57H57N5OPt-2. The van der Waals surface area contributed by atoms with Crippen molar-refractivity contribution in [1.82, 2.24) is 19.1 Å². The van der Waals surface area contributed by atoms with Crippen LogP contribution in [0.25, 0.3) is 61.3 Å². The molecule has 0 atom stereocenters. The van der Waals surface area contributed by atoms with Crippen LogP contribution in [-0.2, 0) is 42.7 Å². The first-order valence-corrected chi connectivity index (χ1v) is 22.0. The molecule has 4 aromatic heterocycles. The van der Waals surface area contributed by atoms with Gasteiger partial charge in [0.15, 0.2) is 0 Å². The van der Waals surface area contributed by atoms with Gasteiger partial charge in [0.05, 0.1) is 22.5 Å². The first-order chi connectivity index (χ1) is 29.7. The number of rotatable bonds is 6. The second kappa shape index (κ2) is 16.3. The summed E-state index contributed by atoms with van der Waals surface area (Å²) in [5.74, 6) is 2.55. The van der Waals surface area contributed by atoms with Gasteiger partial charge in [-0.1, -0.05) is 161 Å². The Kier molecular flexibility index (Phi) is 11.4. The third kappa shape index (κ3) is 8.57. The standard InChI is InChI=1S/C57H57N5O.Pt/c1-54(2,3)39-26-27-58-52(32-39)62-47-25-22-38(37-18-14-13-15-19-37)28-46(47)45-24-23-43(33-50(45)62)63-44-34-51(57(10,11)12)59-53(35-44)61-36-60(48-20-16-17-21-49(48)61)42-30-40(55(4,5)6)29-41(31-42)56(7,8)9;/h13-32,34H,1-12H3;/q-2;. The maximum absolute atomic E-state index is 6.83. The molecule has 0 aliphatic heterocycles. The fourth-order valence-electron chi connectivity index (χ4n) is 8.16. The van der Waals surface area contributed by atoms with E-state index in [1.54, 1.807) is 0 Å². The fraction of sp³-hybridized carbons (Fsp3) is 0.281. The molecule has 0 fully saturated rings. The number of hydrogen-bond acceptors (Lipinski definition) is 3. The first-order valence-electron chi connectivity index (χ1n) is 22.0. The Morgan fingerprint density at radius 1 is 0.547 bits per heavy atom. The minimum absolute atomic E-state index is 0. The van der Waals surface area contributed by atoms with Crippen molar-refractivity contribution in [2.24, 2.45) is 0 Å². The second-order valence-corrected chi connectivity index (χ2v) is 21.0. The van der Waals surface area contributed by atoms with Gasteiger partial charge in [-0.05, 0) is 96.6 Å². The Hall–Kier alpha value is -5.84. The van der Waals surface area contributed by atoms with Crippen LogP contribution >= 0.6 is 0 Å². The van der Waals surface area contributed by atoms with Crippen molar-refractivity contribution in [3.63, 3.8) is 0 Å². The van der Waals surface area contributed by atoms with E-state index >= 15 is 0 Å². The molecule has 6 nitrogen and oxygen atoms in total. The summed E-state index contributed by atoms with van der Waals surface area (Å²) in [4.78, 5) is 10.2. The van der Waals surface area contributed by atoms with E-state index in [-0.39, 0.29) is 42.7 Å². The number of nitrogens with zero attached hydrogens (tertiary/aromatic N) is 5. The van der Waals surface area contributed by atoms with Crippen LogP contribution in [0.5, 0.6) is 11.5 Å². The van der Waals surface area contributed by atoms with Gasteiger partial charge in [0.2, 0.25) is 0 Å². The van der Waals surface area contributed by atoms with Crippen LogP contribution in [0.2, 0.25) is 0 Å². The Balaban J connectivity index is 0.00000560. The summed E-state index contributed by atoms with van der Waals surface area (Å²) < 4.78 is 13.2. The quantitative estimate of drug-likeness (QED) is 0.123. The largest absolute Gasteiger partial charge is 0.522 e. The van der Waals surface area contributed by atoms with Gasteiger partial charge in [-0.2, -0.15) is 12.1 Å². The normalized spacial score (nSPS) is 12.6. The van der Waals surface area contributed by atoms with Crippen LogP contribution in [0, 0.1) is 18.5 Å². The number of benzene rings is 5. The third-order valence-electron chi connectivity index (χ3n) is 12.0. The van der Waals surface area contributed by atoms with Crippen LogP contribution in [0.15, 0.2) is 128 Å². The Morgan fingerprint density at radius 2 is 1.22 bits per heavy atom. The van der Waals surface area contributed by atoms with Crippen molar-refractivity contribution >= 4 is 32.8 Å². The van der Waals surface area contributed by atoms with Gasteiger partial charge in [0.25, 0.3) is 6.33 Å². The van der Waals surface area contributed by atoms with E-state index < -0.39 is 0 Å². The average molecular weight is 1020 g/mol. The molecule has 9 rings (SSSR count). The summed E-state index contributed by atoms with van der Waals surface area (Å²) >= 11 is 0. The maximum Gasteiger partial charge on any atom is 0.269 e. The van der Waals surface area contributed by atoms with Crippen molar-refractivity contribution in [2.75, 3.05) is 0 Å². The van der Waals surface area contributed by atoms with Gasteiger partial charge >= 0.3 is 0 Å². The molecule has 0 aliphatic carbocycles. The monoisotopic (exact) mass is 1020 g/mol. The van der Waals surface area contributed by atoms with Crippen LogP contribution < -0.4 is 9.30 Å². The van der Waals surface area contributed by atoms with Crippen molar-refractivity contribution in [2.45, 2.75) is 105 Å². The predicted octanol–water partition coefficient (Wildman–Crippen LogP) is 13.8. The van der Waals surface area contributed by atoms with Crippen molar-refractivity contribution < 1.29 is 30.4 Å². The topological polar surface area (TPSA) is 48.8 Å². The van der Waals surface area contributed by atoms with E-state index in [9.17, 15) is 0 Å². The molecule has 0 spiro atoms. The van der Waals surface area contributed by atoms with E-state index in [4.69, 9.17) is 14.7 Å². The second-order valence-electron chi connectivity index (χ2n) is 21.0. The molecule has 0 saturated carbocycles. The molecule has 0 saturated heterocycles. The number of ether oxygens (including phenoxy) is 1. The number of imidazole rings is 1. The van der Waals surface area contributed by atoms with E-state index in [1.165, 1.54) is 22.3 Å². The first kappa shape index (κ1) is 44.8. The minimum Gasteiger partial charge on any atom is -0.522 e. The van der Waals surface area contributed by atoms with Crippen LogP contribution in [0.1, 0.15) is 105 Å². The molecule has 0 unspecified atom stereocenters. The molecule has 328 valence electrons. The van der Waals surface area contributed by atoms with Crippen LogP contribution in [-0.4, -0.2) is 19.1 Å². The van der Waals surface area contributed by atoms with Gasteiger partial charge in [-0.25, -0.2) is 4.98 Å². The van der Waals surface area contributed by atoms with E-state index in [1.807, 2.05) is 22.9 Å². The number of hydrogen-bond donors (Lipinski definition) is 0. The average Bonchev–Trinajstić information content (AvgIpc) is 3.78. The zero-order chi connectivity index (χ0) is 44.6. The molecule has 64 heavy (non-hydrogen) atoms. The molecule has 9 aromatic rings. The van der Waals surface area contributed by atoms with Gasteiger partial charge < -0.3 is 9.30 Å². The molecule has 5 aromatic carbocycles. The van der Waals surface area contributed by atoms with Crippen LogP contribution in [0.4, 0.5) is 0 Å². The SMILES string of the molecule is CC(C)(C)c1cc(-[n+]2[c-]n(-c3[c-]c(Oc4[c-]c5c(cc4)c4cc(-c6ccccc6)ccc4n5-c4cc(C(C)(C)C)ccn4)cc(C(C)(C)C)n3)c3ccccc32)cc(C(C)(C)C)c1.[Pt]. The molecule has 0 N–H and O–H groups in total. The molecule has 0 bridgehead atoms.